The first-order valence-electron chi connectivity index (χ1n) is 8.56. The van der Waals surface area contributed by atoms with E-state index in [-0.39, 0.29) is 36.5 Å². The molecule has 1 heterocycles. The third-order valence-electron chi connectivity index (χ3n) is 4.24. The largest absolute Gasteiger partial charge is 0.405 e. The number of rotatable bonds is 6. The first-order chi connectivity index (χ1) is 12.9. The average molecular weight is 416 g/mol. The smallest absolute Gasteiger partial charge is 0.386 e. The molecule has 1 aromatic heterocycles. The van der Waals surface area contributed by atoms with Crippen LogP contribution < -0.4 is 5.32 Å². The lowest BCUT2D eigenvalue weighted by atomic mass is 9.95. The van der Waals surface area contributed by atoms with Crippen LogP contribution in [0.1, 0.15) is 44.3 Å². The van der Waals surface area contributed by atoms with Crippen LogP contribution in [-0.4, -0.2) is 45.1 Å². The van der Waals surface area contributed by atoms with Gasteiger partial charge in [-0.15, -0.1) is 0 Å². The van der Waals surface area contributed by atoms with Crippen molar-refractivity contribution in [2.75, 3.05) is 11.9 Å². The second-order valence-electron chi connectivity index (χ2n) is 6.58. The molecule has 5 nitrogen and oxygen atoms in total. The number of halogens is 7. The highest BCUT2D eigenvalue weighted by Crippen LogP contribution is 2.33. The molecular weight excluding hydrogens is 397 g/mol. The van der Waals surface area contributed by atoms with Gasteiger partial charge in [0, 0.05) is 12.0 Å². The predicted octanol–water partition coefficient (Wildman–Crippen LogP) is 4.20. The van der Waals surface area contributed by atoms with Crippen LogP contribution in [0.5, 0.6) is 0 Å². The number of nitrogens with zero attached hydrogens (tertiary/aromatic N) is 3. The van der Waals surface area contributed by atoms with E-state index in [4.69, 9.17) is 0 Å². The van der Waals surface area contributed by atoms with Gasteiger partial charge in [-0.25, -0.2) is 9.37 Å². The lowest BCUT2D eigenvalue weighted by Gasteiger charge is -2.20. The Morgan fingerprint density at radius 3 is 2.43 bits per heavy atom. The highest BCUT2D eigenvalue weighted by atomic mass is 19.4. The molecule has 1 aliphatic carbocycles. The molecule has 2 N–H and O–H groups in total. The average Bonchev–Trinajstić information content (AvgIpc) is 2.58. The first kappa shape index (κ1) is 22.3. The Labute approximate surface area is 156 Å². The van der Waals surface area contributed by atoms with Crippen LogP contribution >= 0.6 is 0 Å². The van der Waals surface area contributed by atoms with Crippen LogP contribution in [0.2, 0.25) is 0 Å². The van der Waals surface area contributed by atoms with Crippen molar-refractivity contribution < 1.29 is 35.8 Å². The highest BCUT2D eigenvalue weighted by Gasteiger charge is 2.35. The molecule has 12 heteroatoms. The Morgan fingerprint density at radius 1 is 1.14 bits per heavy atom. The fourth-order valence-electron chi connectivity index (χ4n) is 2.57. The van der Waals surface area contributed by atoms with Crippen LogP contribution in [0.25, 0.3) is 5.57 Å². The first-order valence-corrected chi connectivity index (χ1v) is 8.56. The van der Waals surface area contributed by atoms with Gasteiger partial charge in [-0.3, -0.25) is 0 Å². The van der Waals surface area contributed by atoms with Gasteiger partial charge in [0.25, 0.3) is 0 Å². The monoisotopic (exact) mass is 416 g/mol. The maximum Gasteiger partial charge on any atom is 0.405 e. The van der Waals surface area contributed by atoms with Crippen molar-refractivity contribution >= 4 is 11.5 Å². The summed E-state index contributed by atoms with van der Waals surface area (Å²) in [5, 5.41) is 11.6. The van der Waals surface area contributed by atoms with Gasteiger partial charge in [-0.1, -0.05) is 6.92 Å². The summed E-state index contributed by atoms with van der Waals surface area (Å²) >= 11 is 0. The Balaban J connectivity index is 2.32. The van der Waals surface area contributed by atoms with Crippen LogP contribution in [0.15, 0.2) is 5.83 Å². The van der Waals surface area contributed by atoms with E-state index in [1.807, 2.05) is 5.32 Å². The molecule has 0 aromatic carbocycles. The number of aliphatic hydroxyl groups is 1. The molecule has 0 aliphatic heterocycles. The molecule has 28 heavy (non-hydrogen) atoms. The molecule has 2 atom stereocenters. The summed E-state index contributed by atoms with van der Waals surface area (Å²) in [4.78, 5) is 11.4. The third kappa shape index (κ3) is 6.28. The summed E-state index contributed by atoms with van der Waals surface area (Å²) in [6.45, 7) is -0.510. The lowest BCUT2D eigenvalue weighted by molar-refractivity contribution is -0.171. The van der Waals surface area contributed by atoms with Gasteiger partial charge in [0.05, 0.1) is 5.92 Å². The summed E-state index contributed by atoms with van der Waals surface area (Å²) in [6, 6.07) is 0. The number of aliphatic hydroxyl groups excluding tert-OH is 1. The molecule has 1 aliphatic rings. The molecule has 2 rings (SSSR count). The normalized spacial score (nSPS) is 19.7. The fourth-order valence-corrected chi connectivity index (χ4v) is 2.57. The number of hydrogen-bond donors (Lipinski definition) is 2. The SMILES string of the molecule is C[C@@H](CCc1nc(NCC(F)(F)F)nc(C2=C(F)C(O)CCC2)n1)C(F)(F)F. The van der Waals surface area contributed by atoms with Crippen molar-refractivity contribution in [2.24, 2.45) is 5.92 Å². The Bertz CT molecular complexity index is 718. The molecule has 0 amide bonds. The molecule has 0 saturated carbocycles. The molecule has 1 unspecified atom stereocenters. The Kier molecular flexibility index (Phi) is 6.84. The van der Waals surface area contributed by atoms with Gasteiger partial charge in [-0.05, 0) is 25.7 Å². The molecule has 0 fully saturated rings. The van der Waals surface area contributed by atoms with E-state index >= 15 is 0 Å². The summed E-state index contributed by atoms with van der Waals surface area (Å²) in [5.41, 5.74) is -0.0821. The Morgan fingerprint density at radius 2 is 1.82 bits per heavy atom. The molecule has 1 aromatic rings. The zero-order chi connectivity index (χ0) is 21.1. The number of alkyl halides is 6. The Hall–Kier alpha value is -1.98. The highest BCUT2D eigenvalue weighted by molar-refractivity contribution is 5.64. The van der Waals surface area contributed by atoms with Gasteiger partial charge in [0.2, 0.25) is 5.95 Å². The molecular formula is C16H19F7N4O. The van der Waals surface area contributed by atoms with Crippen molar-refractivity contribution in [2.45, 2.75) is 57.5 Å². The molecule has 158 valence electrons. The quantitative estimate of drug-likeness (QED) is 0.681. The number of nitrogens with one attached hydrogen (secondary N) is 1. The maximum absolute atomic E-state index is 14.2. The number of hydrogen-bond acceptors (Lipinski definition) is 5. The summed E-state index contributed by atoms with van der Waals surface area (Å²) in [6.07, 6.45) is -10.3. The maximum atomic E-state index is 14.2. The topological polar surface area (TPSA) is 70.9 Å². The van der Waals surface area contributed by atoms with Gasteiger partial charge in [-0.2, -0.15) is 36.3 Å². The predicted molar refractivity (Wildman–Crippen MR) is 85.8 cm³/mol. The van der Waals surface area contributed by atoms with Crippen molar-refractivity contribution in [3.8, 4) is 0 Å². The molecule has 0 saturated heterocycles. The van der Waals surface area contributed by atoms with Gasteiger partial charge in [0.1, 0.15) is 24.3 Å². The fraction of sp³-hybridized carbons (Fsp3) is 0.688. The number of aromatic nitrogens is 3. The summed E-state index contributed by atoms with van der Waals surface area (Å²) in [7, 11) is 0. The number of anilines is 1. The second-order valence-corrected chi connectivity index (χ2v) is 6.58. The molecule has 0 radical (unpaired) electrons. The molecule has 0 bridgehead atoms. The second kappa shape index (κ2) is 8.58. The number of allylic oxidation sites excluding steroid dienone is 1. The van der Waals surface area contributed by atoms with Crippen molar-refractivity contribution in [1.82, 2.24) is 15.0 Å². The van der Waals surface area contributed by atoms with E-state index in [0.29, 0.717) is 6.42 Å². The van der Waals surface area contributed by atoms with Crippen molar-refractivity contribution in [3.05, 3.63) is 17.5 Å². The minimum Gasteiger partial charge on any atom is -0.386 e. The van der Waals surface area contributed by atoms with E-state index < -0.39 is 49.1 Å². The summed E-state index contributed by atoms with van der Waals surface area (Å²) < 4.78 is 89.5. The zero-order valence-electron chi connectivity index (χ0n) is 14.8. The van der Waals surface area contributed by atoms with E-state index in [1.54, 1.807) is 0 Å². The van der Waals surface area contributed by atoms with E-state index in [1.165, 1.54) is 0 Å². The van der Waals surface area contributed by atoms with Gasteiger partial charge >= 0.3 is 12.4 Å². The summed E-state index contributed by atoms with van der Waals surface area (Å²) in [5.74, 6) is -3.56. The molecule has 0 spiro atoms. The third-order valence-corrected chi connectivity index (χ3v) is 4.24. The van der Waals surface area contributed by atoms with Crippen molar-refractivity contribution in [3.63, 3.8) is 0 Å². The van der Waals surface area contributed by atoms with E-state index in [0.717, 1.165) is 6.92 Å². The standard InChI is InChI=1S/C16H19F7N4O/c1-8(16(21,22)23)5-6-11-25-13(9-3-2-4-10(28)12(9)17)27-14(26-11)24-7-15(18,19)20/h8,10,28H,2-7H2,1H3,(H,24,25,26,27)/t8-,10?/m0/s1. The van der Waals surface area contributed by atoms with Crippen LogP contribution in [-0.2, 0) is 6.42 Å². The zero-order valence-corrected chi connectivity index (χ0v) is 14.8. The minimum atomic E-state index is -4.58. The van der Waals surface area contributed by atoms with E-state index in [9.17, 15) is 35.8 Å². The lowest BCUT2D eigenvalue weighted by Crippen LogP contribution is -2.24. The van der Waals surface area contributed by atoms with Crippen LogP contribution in [0.3, 0.4) is 0 Å². The van der Waals surface area contributed by atoms with Crippen molar-refractivity contribution in [1.29, 1.82) is 0 Å². The van der Waals surface area contributed by atoms with Gasteiger partial charge in [0.15, 0.2) is 5.82 Å². The van der Waals surface area contributed by atoms with Crippen LogP contribution in [0, 0.1) is 5.92 Å². The number of aryl methyl sites for hydroxylation is 1. The van der Waals surface area contributed by atoms with Crippen LogP contribution in [0.4, 0.5) is 36.7 Å². The van der Waals surface area contributed by atoms with E-state index in [2.05, 4.69) is 15.0 Å². The van der Waals surface area contributed by atoms with Gasteiger partial charge < -0.3 is 10.4 Å². The minimum absolute atomic E-state index is 0.0821.